The van der Waals surface area contributed by atoms with Crippen molar-refractivity contribution in [1.29, 1.82) is 0 Å². The number of halogens is 1. The minimum atomic E-state index is -3.56. The highest BCUT2D eigenvalue weighted by Gasteiger charge is 2.40. The van der Waals surface area contributed by atoms with Crippen molar-refractivity contribution in [3.05, 3.63) is 102 Å². The van der Waals surface area contributed by atoms with E-state index in [9.17, 15) is 8.96 Å². The first-order valence-electron chi connectivity index (χ1n) is 10.7. The molecule has 0 N–H and O–H groups in total. The SMILES string of the molecule is COc1cc(P2(=O)Oc3ccccc3-c3ccccc32)c(OC)cc1C=Cc1ccc(F)cc1. The molecule has 1 atom stereocenters. The number of methoxy groups -OCH3 is 2. The van der Waals surface area contributed by atoms with Crippen molar-refractivity contribution in [3.8, 4) is 28.4 Å². The molecule has 4 nitrogen and oxygen atoms in total. The van der Waals surface area contributed by atoms with E-state index in [-0.39, 0.29) is 5.82 Å². The number of hydrogen-bond donors (Lipinski definition) is 0. The zero-order chi connectivity index (χ0) is 23.7. The lowest BCUT2D eigenvalue weighted by atomic mass is 10.0. The molecule has 1 aliphatic rings. The van der Waals surface area contributed by atoms with Crippen molar-refractivity contribution >= 4 is 30.1 Å². The molecule has 5 rings (SSSR count). The summed E-state index contributed by atoms with van der Waals surface area (Å²) in [5, 5.41) is 1.04. The Bertz CT molecular complexity index is 1440. The summed E-state index contributed by atoms with van der Waals surface area (Å²) in [6, 6.07) is 24.8. The van der Waals surface area contributed by atoms with E-state index in [0.717, 1.165) is 22.3 Å². The zero-order valence-electron chi connectivity index (χ0n) is 18.7. The van der Waals surface area contributed by atoms with Crippen molar-refractivity contribution in [2.75, 3.05) is 14.2 Å². The summed E-state index contributed by atoms with van der Waals surface area (Å²) in [7, 11) is -0.462. The van der Waals surface area contributed by atoms with E-state index >= 15 is 0 Å². The summed E-state index contributed by atoms with van der Waals surface area (Å²) in [4.78, 5) is 0. The lowest BCUT2D eigenvalue weighted by molar-refractivity contribution is 0.403. The highest BCUT2D eigenvalue weighted by Crippen LogP contribution is 2.55. The summed E-state index contributed by atoms with van der Waals surface area (Å²) < 4.78 is 45.4. The van der Waals surface area contributed by atoms with Gasteiger partial charge >= 0.3 is 7.37 Å². The van der Waals surface area contributed by atoms with E-state index in [1.807, 2.05) is 60.7 Å². The molecular weight excluding hydrogens is 450 g/mol. The fraction of sp³-hybridized carbons (Fsp3) is 0.0714. The van der Waals surface area contributed by atoms with Gasteiger partial charge in [-0.25, -0.2) is 4.39 Å². The highest BCUT2D eigenvalue weighted by molar-refractivity contribution is 7.75. The summed E-state index contributed by atoms with van der Waals surface area (Å²) in [5.41, 5.74) is 3.33. The fourth-order valence-electron chi connectivity index (χ4n) is 4.12. The van der Waals surface area contributed by atoms with Crippen LogP contribution in [0.3, 0.4) is 0 Å². The number of fused-ring (bicyclic) bond motifs is 3. The molecular formula is C28H22FO4P. The number of hydrogen-bond acceptors (Lipinski definition) is 4. The van der Waals surface area contributed by atoms with Gasteiger partial charge in [-0.2, -0.15) is 0 Å². The summed E-state index contributed by atoms with van der Waals surface area (Å²) in [6.07, 6.45) is 3.69. The molecule has 6 heteroatoms. The van der Waals surface area contributed by atoms with Gasteiger partial charge in [-0.1, -0.05) is 60.7 Å². The minimum absolute atomic E-state index is 0.292. The maximum absolute atomic E-state index is 14.6. The van der Waals surface area contributed by atoms with Gasteiger partial charge in [0.15, 0.2) is 0 Å². The van der Waals surface area contributed by atoms with Crippen molar-refractivity contribution < 1.29 is 23.0 Å². The van der Waals surface area contributed by atoms with E-state index in [4.69, 9.17) is 14.0 Å². The van der Waals surface area contributed by atoms with Crippen LogP contribution >= 0.6 is 7.37 Å². The van der Waals surface area contributed by atoms with E-state index in [0.29, 0.717) is 27.9 Å². The van der Waals surface area contributed by atoms with Crippen LogP contribution in [0.25, 0.3) is 23.3 Å². The molecule has 170 valence electrons. The molecule has 34 heavy (non-hydrogen) atoms. The lowest BCUT2D eigenvalue weighted by Gasteiger charge is -2.30. The van der Waals surface area contributed by atoms with Crippen LogP contribution < -0.4 is 24.6 Å². The molecule has 4 aromatic carbocycles. The van der Waals surface area contributed by atoms with Crippen LogP contribution in [-0.4, -0.2) is 14.2 Å². The van der Waals surface area contributed by atoms with Crippen LogP contribution in [0, 0.1) is 5.82 Å². The first-order chi connectivity index (χ1) is 16.5. The molecule has 1 unspecified atom stereocenters. The normalized spacial score (nSPS) is 16.4. The van der Waals surface area contributed by atoms with Crippen molar-refractivity contribution in [1.82, 2.24) is 0 Å². The van der Waals surface area contributed by atoms with Crippen LogP contribution in [0.4, 0.5) is 4.39 Å². The Morgan fingerprint density at radius 1 is 0.765 bits per heavy atom. The minimum Gasteiger partial charge on any atom is -0.496 e. The Kier molecular flexibility index (Phi) is 5.72. The van der Waals surface area contributed by atoms with Gasteiger partial charge in [-0.3, -0.25) is 4.57 Å². The van der Waals surface area contributed by atoms with Crippen molar-refractivity contribution in [3.63, 3.8) is 0 Å². The molecule has 0 fully saturated rings. The molecule has 1 heterocycles. The molecule has 0 saturated heterocycles. The second-order valence-corrected chi connectivity index (χ2v) is 10.1. The Hall–Kier alpha value is -3.82. The van der Waals surface area contributed by atoms with Crippen LogP contribution in [-0.2, 0) is 4.57 Å². The van der Waals surface area contributed by atoms with E-state index in [1.165, 1.54) is 19.2 Å². The quantitative estimate of drug-likeness (QED) is 0.253. The van der Waals surface area contributed by atoms with Gasteiger partial charge in [0.2, 0.25) is 0 Å². The van der Waals surface area contributed by atoms with Crippen LogP contribution in [0.1, 0.15) is 11.1 Å². The predicted octanol–water partition coefficient (Wildman–Crippen LogP) is 6.30. The molecule has 0 radical (unpaired) electrons. The van der Waals surface area contributed by atoms with Crippen molar-refractivity contribution in [2.45, 2.75) is 0 Å². The maximum atomic E-state index is 14.6. The van der Waals surface area contributed by atoms with Crippen LogP contribution in [0.5, 0.6) is 17.2 Å². The second kappa shape index (κ2) is 8.85. The third-order valence-corrected chi connectivity index (χ3v) is 8.26. The Morgan fingerprint density at radius 2 is 1.44 bits per heavy atom. The Labute approximate surface area is 197 Å². The van der Waals surface area contributed by atoms with Gasteiger partial charge in [0.05, 0.1) is 24.8 Å². The topological polar surface area (TPSA) is 44.8 Å². The summed E-state index contributed by atoms with van der Waals surface area (Å²) >= 11 is 0. The Morgan fingerprint density at radius 3 is 2.18 bits per heavy atom. The van der Waals surface area contributed by atoms with Gasteiger partial charge < -0.3 is 14.0 Å². The third-order valence-electron chi connectivity index (χ3n) is 5.80. The van der Waals surface area contributed by atoms with Gasteiger partial charge in [0.25, 0.3) is 0 Å². The van der Waals surface area contributed by atoms with Crippen LogP contribution in [0.15, 0.2) is 84.9 Å². The standard InChI is InChI=1S/C28H22FO4P/c1-31-25-18-28(26(32-2)17-20(25)14-11-19-12-15-21(29)16-13-19)34(30)27-10-6-4-8-23(27)22-7-3-5-9-24(22)33-34/h3-18H,1-2H3. The third kappa shape index (κ3) is 3.78. The largest absolute Gasteiger partial charge is 0.496 e. The van der Waals surface area contributed by atoms with Gasteiger partial charge in [-0.15, -0.1) is 0 Å². The lowest BCUT2D eigenvalue weighted by Crippen LogP contribution is -2.26. The molecule has 0 spiro atoms. The van der Waals surface area contributed by atoms with Crippen LogP contribution in [0.2, 0.25) is 0 Å². The molecule has 0 bridgehead atoms. The van der Waals surface area contributed by atoms with Crippen molar-refractivity contribution in [2.24, 2.45) is 0 Å². The monoisotopic (exact) mass is 472 g/mol. The molecule has 0 aliphatic carbocycles. The van der Waals surface area contributed by atoms with E-state index in [1.54, 1.807) is 31.4 Å². The predicted molar refractivity (Wildman–Crippen MR) is 134 cm³/mol. The first-order valence-corrected chi connectivity index (χ1v) is 12.3. The smallest absolute Gasteiger partial charge is 0.311 e. The fourth-order valence-corrected chi connectivity index (χ4v) is 6.54. The molecule has 4 aromatic rings. The van der Waals surface area contributed by atoms with Gasteiger partial charge in [0.1, 0.15) is 23.1 Å². The second-order valence-electron chi connectivity index (χ2n) is 7.81. The number of benzene rings is 4. The molecule has 0 amide bonds. The van der Waals surface area contributed by atoms with Gasteiger partial charge in [-0.05, 0) is 47.5 Å². The maximum Gasteiger partial charge on any atom is 0.311 e. The number of ether oxygens (including phenoxy) is 2. The first kappa shape index (κ1) is 22.0. The molecule has 0 aromatic heterocycles. The summed E-state index contributed by atoms with van der Waals surface area (Å²) in [6.45, 7) is 0. The summed E-state index contributed by atoms with van der Waals surface area (Å²) in [5.74, 6) is 1.21. The zero-order valence-corrected chi connectivity index (χ0v) is 19.6. The molecule has 1 aliphatic heterocycles. The Balaban J connectivity index is 1.64. The van der Waals surface area contributed by atoms with Gasteiger partial charge in [0, 0.05) is 11.1 Å². The molecule has 0 saturated carbocycles. The van der Waals surface area contributed by atoms with E-state index < -0.39 is 7.37 Å². The van der Waals surface area contributed by atoms with E-state index in [2.05, 4.69) is 0 Å². The highest BCUT2D eigenvalue weighted by atomic mass is 31.2. The average molecular weight is 472 g/mol. The number of para-hydroxylation sites is 1. The number of rotatable bonds is 5. The average Bonchev–Trinajstić information content (AvgIpc) is 2.88.